The highest BCUT2D eigenvalue weighted by atomic mass is 35.5. The highest BCUT2D eigenvalue weighted by molar-refractivity contribution is 7.98. The van der Waals surface area contributed by atoms with Crippen molar-refractivity contribution in [2.24, 2.45) is 0 Å². The fourth-order valence-electron chi connectivity index (χ4n) is 1.90. The zero-order chi connectivity index (χ0) is 17.4. The van der Waals surface area contributed by atoms with Crippen molar-refractivity contribution in [3.8, 4) is 0 Å². The lowest BCUT2D eigenvalue weighted by Gasteiger charge is -2.05. The van der Waals surface area contributed by atoms with Gasteiger partial charge in [0, 0.05) is 39.2 Å². The van der Waals surface area contributed by atoms with Crippen molar-refractivity contribution in [2.45, 2.75) is 5.75 Å². The number of thioether (sulfide) groups is 1. The van der Waals surface area contributed by atoms with Gasteiger partial charge < -0.3 is 5.32 Å². The Balaban J connectivity index is 1.68. The quantitative estimate of drug-likeness (QED) is 0.476. The van der Waals surface area contributed by atoms with Crippen molar-refractivity contribution < 1.29 is 4.79 Å². The molecule has 0 atom stereocenters. The summed E-state index contributed by atoms with van der Waals surface area (Å²) in [6.45, 7) is 0.585. The van der Waals surface area contributed by atoms with Crippen LogP contribution in [-0.2, 0) is 10.5 Å². The van der Waals surface area contributed by atoms with Crippen molar-refractivity contribution in [1.29, 1.82) is 0 Å². The molecular formula is C18H16Cl3NOS. The largest absolute Gasteiger partial charge is 0.352 e. The summed E-state index contributed by atoms with van der Waals surface area (Å²) in [6, 6.07) is 12.9. The van der Waals surface area contributed by atoms with Crippen LogP contribution in [0.1, 0.15) is 11.1 Å². The normalized spacial score (nSPS) is 11.0. The molecule has 24 heavy (non-hydrogen) atoms. The van der Waals surface area contributed by atoms with Crippen LogP contribution in [0.3, 0.4) is 0 Å². The molecule has 0 fully saturated rings. The molecule has 2 aromatic carbocycles. The highest BCUT2D eigenvalue weighted by Gasteiger charge is 2.02. The topological polar surface area (TPSA) is 29.1 Å². The van der Waals surface area contributed by atoms with Gasteiger partial charge in [-0.05, 0) is 35.4 Å². The van der Waals surface area contributed by atoms with E-state index >= 15 is 0 Å². The Labute approximate surface area is 161 Å². The summed E-state index contributed by atoms with van der Waals surface area (Å²) >= 11 is 19.7. The molecule has 126 valence electrons. The Bertz CT molecular complexity index is 734. The molecule has 0 bridgehead atoms. The van der Waals surface area contributed by atoms with Gasteiger partial charge in [0.25, 0.3) is 0 Å². The third-order valence-corrected chi connectivity index (χ3v) is 5.08. The van der Waals surface area contributed by atoms with Crippen molar-refractivity contribution in [3.63, 3.8) is 0 Å². The van der Waals surface area contributed by atoms with E-state index in [1.54, 1.807) is 30.0 Å². The van der Waals surface area contributed by atoms with Gasteiger partial charge in [-0.25, -0.2) is 0 Å². The van der Waals surface area contributed by atoms with E-state index in [0.29, 0.717) is 21.6 Å². The highest BCUT2D eigenvalue weighted by Crippen LogP contribution is 2.24. The van der Waals surface area contributed by atoms with Crippen LogP contribution in [0.25, 0.3) is 6.08 Å². The van der Waals surface area contributed by atoms with Gasteiger partial charge in [0.1, 0.15) is 0 Å². The van der Waals surface area contributed by atoms with E-state index in [9.17, 15) is 4.79 Å². The first-order valence-corrected chi connectivity index (χ1v) is 9.57. The summed E-state index contributed by atoms with van der Waals surface area (Å²) in [6.07, 6.45) is 3.19. The number of amides is 1. The molecule has 0 unspecified atom stereocenters. The monoisotopic (exact) mass is 399 g/mol. The first-order chi connectivity index (χ1) is 11.6. The molecule has 0 saturated carbocycles. The van der Waals surface area contributed by atoms with Crippen LogP contribution < -0.4 is 5.32 Å². The maximum Gasteiger partial charge on any atom is 0.244 e. The third kappa shape index (κ3) is 6.40. The Morgan fingerprint density at radius 3 is 2.62 bits per heavy atom. The Morgan fingerprint density at radius 1 is 1.08 bits per heavy atom. The molecule has 0 aromatic heterocycles. The molecule has 0 spiro atoms. The molecule has 0 aliphatic heterocycles. The first-order valence-electron chi connectivity index (χ1n) is 7.28. The van der Waals surface area contributed by atoms with Crippen LogP contribution in [0.4, 0.5) is 0 Å². The summed E-state index contributed by atoms with van der Waals surface area (Å²) in [4.78, 5) is 11.8. The average Bonchev–Trinajstić information content (AvgIpc) is 2.55. The average molecular weight is 401 g/mol. The molecule has 0 saturated heterocycles. The third-order valence-electron chi connectivity index (χ3n) is 3.14. The van der Waals surface area contributed by atoms with Crippen LogP contribution in [0.15, 0.2) is 48.5 Å². The van der Waals surface area contributed by atoms with Crippen LogP contribution in [-0.4, -0.2) is 18.2 Å². The molecule has 0 aliphatic rings. The fraction of sp³-hybridized carbons (Fsp3) is 0.167. The summed E-state index contributed by atoms with van der Waals surface area (Å²) in [5.41, 5.74) is 1.86. The molecule has 2 nitrogen and oxygen atoms in total. The lowest BCUT2D eigenvalue weighted by Crippen LogP contribution is -2.23. The number of hydrogen-bond donors (Lipinski definition) is 1. The molecule has 6 heteroatoms. The number of halogens is 3. The Kier molecular flexibility index (Phi) is 8.00. The van der Waals surface area contributed by atoms with E-state index in [2.05, 4.69) is 5.32 Å². The maximum atomic E-state index is 11.8. The summed E-state index contributed by atoms with van der Waals surface area (Å²) < 4.78 is 0. The second-order valence-electron chi connectivity index (χ2n) is 4.93. The molecule has 0 radical (unpaired) electrons. The minimum absolute atomic E-state index is 0.139. The lowest BCUT2D eigenvalue weighted by molar-refractivity contribution is -0.116. The summed E-state index contributed by atoms with van der Waals surface area (Å²) in [5, 5.41) is 4.76. The number of hydrogen-bond acceptors (Lipinski definition) is 2. The molecule has 2 aromatic rings. The van der Waals surface area contributed by atoms with E-state index in [0.717, 1.165) is 22.6 Å². The predicted octanol–water partition coefficient (Wildman–Crippen LogP) is 5.71. The molecule has 1 amide bonds. The van der Waals surface area contributed by atoms with Gasteiger partial charge in [-0.1, -0.05) is 59.1 Å². The van der Waals surface area contributed by atoms with Gasteiger partial charge in [-0.2, -0.15) is 11.8 Å². The smallest absolute Gasteiger partial charge is 0.244 e. The maximum absolute atomic E-state index is 11.8. The number of carbonyl (C=O) groups is 1. The van der Waals surface area contributed by atoms with Gasteiger partial charge in [0.15, 0.2) is 0 Å². The van der Waals surface area contributed by atoms with Gasteiger partial charge in [-0.3, -0.25) is 4.79 Å². The van der Waals surface area contributed by atoms with Gasteiger partial charge in [-0.15, -0.1) is 0 Å². The Morgan fingerprint density at radius 2 is 1.88 bits per heavy atom. The van der Waals surface area contributed by atoms with E-state index < -0.39 is 0 Å². The second kappa shape index (κ2) is 10.00. The molecule has 0 heterocycles. The standard InChI is InChI=1S/C18H16Cl3NOS/c19-15-7-5-14(17(21)11-15)12-24-10-9-22-18(23)8-6-13-3-1-2-4-16(13)20/h1-8,11H,9-10,12H2,(H,22,23)/b8-6+. The van der Waals surface area contributed by atoms with Crippen molar-refractivity contribution in [3.05, 3.63) is 74.7 Å². The van der Waals surface area contributed by atoms with Crippen LogP contribution in [0.2, 0.25) is 15.1 Å². The van der Waals surface area contributed by atoms with E-state index in [4.69, 9.17) is 34.8 Å². The van der Waals surface area contributed by atoms with Crippen LogP contribution in [0.5, 0.6) is 0 Å². The number of nitrogens with one attached hydrogen (secondary N) is 1. The number of rotatable bonds is 7. The van der Waals surface area contributed by atoms with Crippen molar-refractivity contribution in [2.75, 3.05) is 12.3 Å². The van der Waals surface area contributed by atoms with Crippen molar-refractivity contribution in [1.82, 2.24) is 5.32 Å². The number of carbonyl (C=O) groups excluding carboxylic acids is 1. The number of benzene rings is 2. The zero-order valence-electron chi connectivity index (χ0n) is 12.8. The van der Waals surface area contributed by atoms with Crippen molar-refractivity contribution >= 4 is 58.5 Å². The van der Waals surface area contributed by atoms with Crippen LogP contribution in [0, 0.1) is 0 Å². The SMILES string of the molecule is O=C(/C=C/c1ccccc1Cl)NCCSCc1ccc(Cl)cc1Cl. The van der Waals surface area contributed by atoms with Gasteiger partial charge in [0.2, 0.25) is 5.91 Å². The molecule has 0 aliphatic carbocycles. The minimum atomic E-state index is -0.139. The van der Waals surface area contributed by atoms with E-state index in [1.165, 1.54) is 6.08 Å². The molecule has 2 rings (SSSR count). The van der Waals surface area contributed by atoms with Gasteiger partial charge in [0.05, 0.1) is 0 Å². The Hall–Kier alpha value is -1.13. The first kappa shape index (κ1) is 19.2. The lowest BCUT2D eigenvalue weighted by atomic mass is 10.2. The fourth-order valence-corrected chi connectivity index (χ4v) is 3.52. The van der Waals surface area contributed by atoms with Gasteiger partial charge >= 0.3 is 0 Å². The second-order valence-corrected chi connectivity index (χ2v) is 7.29. The minimum Gasteiger partial charge on any atom is -0.352 e. The summed E-state index contributed by atoms with van der Waals surface area (Å²) in [5.74, 6) is 1.44. The van der Waals surface area contributed by atoms with Crippen LogP contribution >= 0.6 is 46.6 Å². The predicted molar refractivity (Wildman–Crippen MR) is 106 cm³/mol. The molecular weight excluding hydrogens is 385 g/mol. The van der Waals surface area contributed by atoms with E-state index in [-0.39, 0.29) is 5.91 Å². The van der Waals surface area contributed by atoms with E-state index in [1.807, 2.05) is 30.3 Å². The summed E-state index contributed by atoms with van der Waals surface area (Å²) in [7, 11) is 0. The zero-order valence-corrected chi connectivity index (χ0v) is 15.9. The molecule has 1 N–H and O–H groups in total.